The molecule has 0 saturated carbocycles. The van der Waals surface area contributed by atoms with Gasteiger partial charge < -0.3 is 0 Å². The first-order valence-electron chi connectivity index (χ1n) is 8.59. The molecule has 0 amide bonds. The molecule has 0 nitrogen and oxygen atoms in total. The van der Waals surface area contributed by atoms with Crippen LogP contribution in [0, 0.1) is 16.2 Å². The zero-order chi connectivity index (χ0) is 16.5. The van der Waals surface area contributed by atoms with Crippen LogP contribution in [0.5, 0.6) is 0 Å². The Morgan fingerprint density at radius 2 is 1.14 bits per heavy atom. The Bertz CT molecular complexity index is 364. The van der Waals surface area contributed by atoms with E-state index in [0.717, 1.165) is 0 Å². The topological polar surface area (TPSA) is 0 Å². The van der Waals surface area contributed by atoms with Crippen LogP contribution in [0.15, 0.2) is 21.6 Å². The number of allylic oxidation sites excluding steroid dienone is 4. The first-order chi connectivity index (χ1) is 9.23. The van der Waals surface area contributed by atoms with Gasteiger partial charge in [-0.15, -0.1) is 0 Å². The van der Waals surface area contributed by atoms with Crippen LogP contribution in [-0.4, -0.2) is 0 Å². The van der Waals surface area contributed by atoms with Crippen LogP contribution in [0.3, 0.4) is 0 Å². The summed E-state index contributed by atoms with van der Waals surface area (Å²) in [4.78, 5) is 0. The second-order valence-electron chi connectivity index (χ2n) is 10.8. The molecule has 0 atom stereocenters. The second-order valence-corrected chi connectivity index (χ2v) is 26.1. The average Bonchev–Trinajstić information content (AvgIpc) is 2.59. The van der Waals surface area contributed by atoms with Crippen molar-refractivity contribution in [1.82, 2.24) is 0 Å². The zero-order valence-electron chi connectivity index (χ0n) is 16.1. The van der Waals surface area contributed by atoms with Gasteiger partial charge in [0.25, 0.3) is 0 Å². The van der Waals surface area contributed by atoms with Gasteiger partial charge >= 0.3 is 139 Å². The summed E-state index contributed by atoms with van der Waals surface area (Å²) >= 11 is -2.55. The zero-order valence-corrected chi connectivity index (χ0v) is 19.7. The van der Waals surface area contributed by atoms with Crippen LogP contribution in [0.2, 0.25) is 12.5 Å². The van der Waals surface area contributed by atoms with Crippen molar-refractivity contribution in [3.63, 3.8) is 0 Å². The van der Waals surface area contributed by atoms with Crippen LogP contribution >= 0.6 is 0 Å². The molecule has 0 radical (unpaired) electrons. The summed E-state index contributed by atoms with van der Waals surface area (Å²) in [6.45, 7) is 22.1. The van der Waals surface area contributed by atoms with Crippen LogP contribution in [-0.2, 0) is 20.0 Å². The molecule has 0 bridgehead atoms. The molecule has 0 saturated heterocycles. The van der Waals surface area contributed by atoms with Gasteiger partial charge in [0.05, 0.1) is 0 Å². The van der Waals surface area contributed by atoms with Crippen molar-refractivity contribution in [1.29, 1.82) is 0 Å². The summed E-state index contributed by atoms with van der Waals surface area (Å²) in [5, 5.41) is 0. The van der Waals surface area contributed by atoms with Crippen LogP contribution < -0.4 is 0 Å². The van der Waals surface area contributed by atoms with E-state index in [1.807, 2.05) is 3.33 Å². The number of hydrogen-bond acceptors (Lipinski definition) is 0. The van der Waals surface area contributed by atoms with E-state index in [1.165, 1.54) is 19.0 Å². The molecule has 0 N–H and O–H groups in total. The fraction of sp³-hybridized carbons (Fsp3) is 0.800. The summed E-state index contributed by atoms with van der Waals surface area (Å²) in [6.07, 6.45) is 8.46. The fourth-order valence-corrected chi connectivity index (χ4v) is 33.7. The molecule has 21 heavy (non-hydrogen) atoms. The summed E-state index contributed by atoms with van der Waals surface area (Å²) < 4.78 is 6.40. The van der Waals surface area contributed by atoms with Gasteiger partial charge in [0.2, 0.25) is 0 Å². The minimum absolute atomic E-state index is 0.460. The Kier molecular flexibility index (Phi) is 5.96. The molecule has 0 aromatic rings. The molecule has 0 spiro atoms. The standard InChI is InChI=1S/C5H5.3C5H11.Hf/c1-2-4-5-3-1;3*1-5(2,3)4;/h1-3H,4H2;3*1H2,2-4H3;. The molecule has 1 aliphatic carbocycles. The Labute approximate surface area is 138 Å². The molecule has 0 aromatic carbocycles. The number of rotatable bonds is 4. The Balaban J connectivity index is 3.25. The van der Waals surface area contributed by atoms with E-state index in [4.69, 9.17) is 0 Å². The quantitative estimate of drug-likeness (QED) is 0.387. The van der Waals surface area contributed by atoms with Crippen LogP contribution in [0.25, 0.3) is 0 Å². The second kappa shape index (κ2) is 6.46. The Hall–Kier alpha value is 0.350. The van der Waals surface area contributed by atoms with E-state index >= 15 is 0 Å². The molecule has 1 aliphatic rings. The maximum atomic E-state index is 2.50. The summed E-state index contributed by atoms with van der Waals surface area (Å²) in [6, 6.07) is 0. The monoisotopic (exact) mass is 458 g/mol. The molecular weight excluding hydrogens is 419 g/mol. The van der Waals surface area contributed by atoms with Crippen molar-refractivity contribution >= 4 is 0 Å². The third-order valence-corrected chi connectivity index (χ3v) is 29.0. The molecular formula is C20H38Hf. The van der Waals surface area contributed by atoms with E-state index < -0.39 is 20.0 Å². The van der Waals surface area contributed by atoms with E-state index in [1.54, 1.807) is 0 Å². The van der Waals surface area contributed by atoms with Gasteiger partial charge in [-0.3, -0.25) is 0 Å². The fourth-order valence-electron chi connectivity index (χ4n) is 4.41. The van der Waals surface area contributed by atoms with Gasteiger partial charge in [0.15, 0.2) is 0 Å². The summed E-state index contributed by atoms with van der Waals surface area (Å²) in [7, 11) is 0. The van der Waals surface area contributed by atoms with Gasteiger partial charge in [0, 0.05) is 0 Å². The molecule has 122 valence electrons. The Morgan fingerprint density at radius 1 is 0.762 bits per heavy atom. The van der Waals surface area contributed by atoms with Crippen molar-refractivity contribution in [3.8, 4) is 0 Å². The van der Waals surface area contributed by atoms with Crippen LogP contribution in [0.4, 0.5) is 0 Å². The van der Waals surface area contributed by atoms with Crippen molar-refractivity contribution in [2.24, 2.45) is 16.2 Å². The summed E-state index contributed by atoms with van der Waals surface area (Å²) in [5.74, 6) is 0. The van der Waals surface area contributed by atoms with Crippen molar-refractivity contribution in [2.45, 2.75) is 81.3 Å². The Morgan fingerprint density at radius 3 is 1.38 bits per heavy atom. The molecule has 0 fully saturated rings. The first kappa shape index (κ1) is 19.4. The SMILES string of the molecule is CC(C)(C)[CH2][Hf]([CH2]C(C)(C)C)([CH2]C(C)(C)C)[C]1=CC=CC1. The summed E-state index contributed by atoms with van der Waals surface area (Å²) in [5.41, 5.74) is 1.38. The average molecular weight is 457 g/mol. The predicted molar refractivity (Wildman–Crippen MR) is 94.6 cm³/mol. The minimum atomic E-state index is -2.55. The van der Waals surface area contributed by atoms with Crippen molar-refractivity contribution in [2.75, 3.05) is 0 Å². The van der Waals surface area contributed by atoms with E-state index in [-0.39, 0.29) is 0 Å². The third-order valence-electron chi connectivity index (χ3n) is 4.06. The van der Waals surface area contributed by atoms with Gasteiger partial charge in [0.1, 0.15) is 0 Å². The maximum absolute atomic E-state index is 2.55. The van der Waals surface area contributed by atoms with E-state index in [0.29, 0.717) is 16.2 Å². The van der Waals surface area contributed by atoms with Crippen molar-refractivity contribution < 1.29 is 20.0 Å². The molecule has 1 heteroatoms. The van der Waals surface area contributed by atoms with Crippen LogP contribution in [0.1, 0.15) is 68.7 Å². The molecule has 0 unspecified atom stereocenters. The molecule has 1 rings (SSSR count). The van der Waals surface area contributed by atoms with E-state index in [2.05, 4.69) is 80.5 Å². The van der Waals surface area contributed by atoms with Crippen molar-refractivity contribution in [3.05, 3.63) is 21.6 Å². The van der Waals surface area contributed by atoms with Gasteiger partial charge in [-0.1, -0.05) is 0 Å². The van der Waals surface area contributed by atoms with Gasteiger partial charge in [-0.05, 0) is 0 Å². The van der Waals surface area contributed by atoms with E-state index in [9.17, 15) is 0 Å². The van der Waals surface area contributed by atoms with Gasteiger partial charge in [-0.2, -0.15) is 0 Å². The molecule has 0 heterocycles. The molecule has 0 aromatic heterocycles. The number of hydrogen-bond donors (Lipinski definition) is 0. The predicted octanol–water partition coefficient (Wildman–Crippen LogP) is 7.38. The van der Waals surface area contributed by atoms with Gasteiger partial charge in [-0.25, -0.2) is 0 Å². The third kappa shape index (κ3) is 6.97. The normalized spacial score (nSPS) is 17.3. The molecule has 0 aliphatic heterocycles. The first-order valence-corrected chi connectivity index (χ1v) is 18.0.